The van der Waals surface area contributed by atoms with Gasteiger partial charge in [-0.15, -0.1) is 0 Å². The maximum Gasteiger partial charge on any atom is 0.229 e. The van der Waals surface area contributed by atoms with E-state index in [0.717, 1.165) is 23.8 Å². The summed E-state index contributed by atoms with van der Waals surface area (Å²) in [6, 6.07) is 7.94. The minimum Gasteiger partial charge on any atom is -0.382 e. The Morgan fingerprint density at radius 3 is 2.45 bits per heavy atom. The molecule has 1 aliphatic rings. The molecule has 1 saturated carbocycles. The van der Waals surface area contributed by atoms with Gasteiger partial charge in [-0.3, -0.25) is 4.72 Å². The average molecular weight is 296 g/mol. The molecular formula is C15H24N2O2S. The number of nitrogens with one attached hydrogen (secondary N) is 2. The Kier molecular flexibility index (Phi) is 4.58. The summed E-state index contributed by atoms with van der Waals surface area (Å²) in [5.74, 6) is 1.53. The Morgan fingerprint density at radius 2 is 1.80 bits per heavy atom. The van der Waals surface area contributed by atoms with Crippen LogP contribution in [0, 0.1) is 11.8 Å². The zero-order valence-corrected chi connectivity index (χ0v) is 13.2. The van der Waals surface area contributed by atoms with Crippen molar-refractivity contribution in [3.63, 3.8) is 0 Å². The van der Waals surface area contributed by atoms with E-state index in [1.165, 1.54) is 19.3 Å². The van der Waals surface area contributed by atoms with Gasteiger partial charge in [0, 0.05) is 11.7 Å². The second-order valence-corrected chi connectivity index (χ2v) is 7.81. The molecule has 0 amide bonds. The minimum atomic E-state index is -3.22. The molecule has 1 aromatic carbocycles. The summed E-state index contributed by atoms with van der Waals surface area (Å²) in [5, 5.41) is 3.52. The third-order valence-electron chi connectivity index (χ3n) is 4.13. The molecule has 0 aromatic heterocycles. The molecule has 20 heavy (non-hydrogen) atoms. The number of hydrogen-bond acceptors (Lipinski definition) is 3. The van der Waals surface area contributed by atoms with Crippen molar-refractivity contribution in [2.24, 2.45) is 11.8 Å². The van der Waals surface area contributed by atoms with Crippen molar-refractivity contribution in [2.75, 3.05) is 16.3 Å². The molecule has 2 rings (SSSR count). The van der Waals surface area contributed by atoms with Crippen LogP contribution in [0.2, 0.25) is 0 Å². The van der Waals surface area contributed by atoms with Crippen molar-refractivity contribution in [2.45, 2.75) is 39.2 Å². The molecule has 3 unspecified atom stereocenters. The Hall–Kier alpha value is -1.23. The third-order valence-corrected chi connectivity index (χ3v) is 4.74. The zero-order chi connectivity index (χ0) is 14.8. The second-order valence-electron chi connectivity index (χ2n) is 6.06. The van der Waals surface area contributed by atoms with E-state index in [-0.39, 0.29) is 0 Å². The van der Waals surface area contributed by atoms with Crippen LogP contribution in [0.4, 0.5) is 11.4 Å². The molecule has 2 N–H and O–H groups in total. The van der Waals surface area contributed by atoms with Gasteiger partial charge >= 0.3 is 0 Å². The van der Waals surface area contributed by atoms with E-state index in [9.17, 15) is 8.42 Å². The van der Waals surface area contributed by atoms with Crippen LogP contribution in [-0.2, 0) is 10.0 Å². The lowest BCUT2D eigenvalue weighted by Gasteiger charge is -2.33. The van der Waals surface area contributed by atoms with Gasteiger partial charge in [0.25, 0.3) is 0 Å². The van der Waals surface area contributed by atoms with Crippen molar-refractivity contribution in [3.05, 3.63) is 24.3 Å². The van der Waals surface area contributed by atoms with E-state index in [1.54, 1.807) is 6.07 Å². The van der Waals surface area contributed by atoms with E-state index in [2.05, 4.69) is 23.9 Å². The molecule has 1 aromatic rings. The van der Waals surface area contributed by atoms with Gasteiger partial charge in [-0.1, -0.05) is 19.9 Å². The van der Waals surface area contributed by atoms with Crippen LogP contribution >= 0.6 is 0 Å². The van der Waals surface area contributed by atoms with Gasteiger partial charge in [-0.05, 0) is 49.3 Å². The van der Waals surface area contributed by atoms with Crippen LogP contribution in [0.25, 0.3) is 0 Å². The van der Waals surface area contributed by atoms with Gasteiger partial charge in [0.2, 0.25) is 10.0 Å². The van der Waals surface area contributed by atoms with Crippen molar-refractivity contribution in [3.8, 4) is 0 Å². The number of sulfonamides is 1. The number of benzene rings is 1. The largest absolute Gasteiger partial charge is 0.382 e. The molecule has 0 bridgehead atoms. The number of hydrogen-bond donors (Lipinski definition) is 2. The van der Waals surface area contributed by atoms with E-state index in [4.69, 9.17) is 0 Å². The van der Waals surface area contributed by atoms with Crippen molar-refractivity contribution >= 4 is 21.4 Å². The molecule has 3 atom stereocenters. The van der Waals surface area contributed by atoms with Gasteiger partial charge < -0.3 is 5.32 Å². The SMILES string of the molecule is CC1CCC(Nc2cccc(NS(C)(=O)=O)c2)CC1C. The summed E-state index contributed by atoms with van der Waals surface area (Å²) < 4.78 is 25.0. The lowest BCUT2D eigenvalue weighted by molar-refractivity contribution is 0.261. The molecule has 5 heteroatoms. The molecule has 0 spiro atoms. The molecule has 0 aliphatic heterocycles. The summed E-state index contributed by atoms with van der Waals surface area (Å²) in [6.07, 6.45) is 4.76. The van der Waals surface area contributed by atoms with Crippen LogP contribution in [0.1, 0.15) is 33.1 Å². The zero-order valence-electron chi connectivity index (χ0n) is 12.4. The maximum absolute atomic E-state index is 11.2. The molecule has 4 nitrogen and oxygen atoms in total. The lowest BCUT2D eigenvalue weighted by atomic mass is 9.79. The predicted octanol–water partition coefficient (Wildman–Crippen LogP) is 3.29. The first kappa shape index (κ1) is 15.2. The van der Waals surface area contributed by atoms with E-state index < -0.39 is 10.0 Å². The molecule has 1 aliphatic carbocycles. The average Bonchev–Trinajstić information content (AvgIpc) is 2.32. The normalized spacial score (nSPS) is 27.1. The highest BCUT2D eigenvalue weighted by Gasteiger charge is 2.24. The number of rotatable bonds is 4. The summed E-state index contributed by atoms with van der Waals surface area (Å²) >= 11 is 0. The lowest BCUT2D eigenvalue weighted by Crippen LogP contribution is -2.30. The van der Waals surface area contributed by atoms with Crippen molar-refractivity contribution < 1.29 is 8.42 Å². The first-order valence-electron chi connectivity index (χ1n) is 7.18. The molecule has 112 valence electrons. The Morgan fingerprint density at radius 1 is 1.10 bits per heavy atom. The summed E-state index contributed by atoms with van der Waals surface area (Å²) in [6.45, 7) is 4.62. The maximum atomic E-state index is 11.2. The fourth-order valence-corrected chi connectivity index (χ4v) is 3.36. The fourth-order valence-electron chi connectivity index (χ4n) is 2.80. The summed E-state index contributed by atoms with van der Waals surface area (Å²) in [4.78, 5) is 0. The Balaban J connectivity index is 2.01. The molecular weight excluding hydrogens is 272 g/mol. The van der Waals surface area contributed by atoms with Crippen molar-refractivity contribution in [1.82, 2.24) is 0 Å². The van der Waals surface area contributed by atoms with Gasteiger partial charge in [-0.25, -0.2) is 8.42 Å². The summed E-state index contributed by atoms with van der Waals surface area (Å²) in [5.41, 5.74) is 1.58. The first-order valence-corrected chi connectivity index (χ1v) is 9.07. The minimum absolute atomic E-state index is 0.481. The third kappa shape index (κ3) is 4.40. The highest BCUT2D eigenvalue weighted by Crippen LogP contribution is 2.31. The van der Waals surface area contributed by atoms with Gasteiger partial charge in [0.1, 0.15) is 0 Å². The first-order chi connectivity index (χ1) is 9.33. The second kappa shape index (κ2) is 6.04. The fraction of sp³-hybridized carbons (Fsp3) is 0.600. The number of anilines is 2. The van der Waals surface area contributed by atoms with Gasteiger partial charge in [0.15, 0.2) is 0 Å². The van der Waals surface area contributed by atoms with Crippen LogP contribution < -0.4 is 10.0 Å². The smallest absolute Gasteiger partial charge is 0.229 e. The van der Waals surface area contributed by atoms with Gasteiger partial charge in [0.05, 0.1) is 11.9 Å². The monoisotopic (exact) mass is 296 g/mol. The Bertz CT molecular complexity index is 557. The highest BCUT2D eigenvalue weighted by molar-refractivity contribution is 7.92. The molecule has 1 fully saturated rings. The van der Waals surface area contributed by atoms with Gasteiger partial charge in [-0.2, -0.15) is 0 Å². The topological polar surface area (TPSA) is 58.2 Å². The molecule has 0 heterocycles. The molecule has 0 radical (unpaired) electrons. The van der Waals surface area contributed by atoms with E-state index in [1.807, 2.05) is 18.2 Å². The van der Waals surface area contributed by atoms with Crippen LogP contribution in [0.3, 0.4) is 0 Å². The van der Waals surface area contributed by atoms with Crippen LogP contribution in [0.5, 0.6) is 0 Å². The Labute approximate surface area is 122 Å². The highest BCUT2D eigenvalue weighted by atomic mass is 32.2. The summed E-state index contributed by atoms with van der Waals surface area (Å²) in [7, 11) is -3.22. The molecule has 0 saturated heterocycles. The van der Waals surface area contributed by atoms with E-state index in [0.29, 0.717) is 11.7 Å². The standard InChI is InChI=1S/C15H24N2O2S/c1-11-7-8-14(9-12(11)2)16-13-5-4-6-15(10-13)17-20(3,18)19/h4-6,10-12,14,16-17H,7-9H2,1-3H3. The quantitative estimate of drug-likeness (QED) is 0.896. The van der Waals surface area contributed by atoms with E-state index >= 15 is 0 Å². The van der Waals surface area contributed by atoms with Crippen molar-refractivity contribution in [1.29, 1.82) is 0 Å². The predicted molar refractivity (Wildman–Crippen MR) is 84.5 cm³/mol. The van der Waals surface area contributed by atoms with Crippen LogP contribution in [0.15, 0.2) is 24.3 Å². The van der Waals surface area contributed by atoms with Crippen LogP contribution in [-0.4, -0.2) is 20.7 Å².